The van der Waals surface area contributed by atoms with Crippen LogP contribution in [0.2, 0.25) is 0 Å². The van der Waals surface area contributed by atoms with Crippen LogP contribution in [0.4, 0.5) is 0 Å². The van der Waals surface area contributed by atoms with Gasteiger partial charge in [-0.15, -0.1) is 0 Å². The number of rotatable bonds is 12. The van der Waals surface area contributed by atoms with Crippen LogP contribution in [0.5, 0.6) is 0 Å². The normalized spacial score (nSPS) is 21.4. The summed E-state index contributed by atoms with van der Waals surface area (Å²) in [6.07, 6.45) is 11.4. The van der Waals surface area contributed by atoms with E-state index in [1.54, 1.807) is 6.08 Å². The number of ether oxygens (including phenoxy) is 1. The van der Waals surface area contributed by atoms with Crippen molar-refractivity contribution in [3.8, 4) is 0 Å². The molecule has 1 aliphatic rings. The van der Waals surface area contributed by atoms with E-state index in [0.717, 1.165) is 42.4 Å². The van der Waals surface area contributed by atoms with E-state index in [-0.39, 0.29) is 24.4 Å². The molecule has 0 aromatic carbocycles. The van der Waals surface area contributed by atoms with Crippen LogP contribution in [0, 0.1) is 5.41 Å². The first kappa shape index (κ1) is 29.5. The summed E-state index contributed by atoms with van der Waals surface area (Å²) in [6.45, 7) is 9.59. The van der Waals surface area contributed by atoms with Crippen LogP contribution in [0.15, 0.2) is 58.7 Å². The maximum Gasteiger partial charge on any atom is 0.320 e. The van der Waals surface area contributed by atoms with Crippen molar-refractivity contribution in [2.45, 2.75) is 85.4 Å². The third-order valence-corrected chi connectivity index (χ3v) is 6.07. The van der Waals surface area contributed by atoms with Gasteiger partial charge in [-0.05, 0) is 84.4 Å². The second-order valence-electron chi connectivity index (χ2n) is 9.42. The van der Waals surface area contributed by atoms with Crippen molar-refractivity contribution in [2.75, 3.05) is 7.11 Å². The summed E-state index contributed by atoms with van der Waals surface area (Å²) in [5, 5.41) is 20.2. The predicted molar refractivity (Wildman–Crippen MR) is 134 cm³/mol. The lowest BCUT2D eigenvalue weighted by Crippen LogP contribution is -2.43. The molecule has 6 nitrogen and oxygen atoms in total. The lowest BCUT2D eigenvalue weighted by Gasteiger charge is -2.28. The molecule has 34 heavy (non-hydrogen) atoms. The van der Waals surface area contributed by atoms with Gasteiger partial charge >= 0.3 is 5.97 Å². The average Bonchev–Trinajstić information content (AvgIpc) is 2.78. The minimum atomic E-state index is -1.46. The zero-order valence-electron chi connectivity index (χ0n) is 21.4. The average molecular weight is 473 g/mol. The van der Waals surface area contributed by atoms with Crippen molar-refractivity contribution in [2.24, 2.45) is 5.41 Å². The number of aliphatic hydroxyl groups excluding tert-OH is 2. The van der Waals surface area contributed by atoms with E-state index in [4.69, 9.17) is 4.74 Å². The fourth-order valence-electron chi connectivity index (χ4n) is 3.84. The Bertz CT molecular complexity index is 898. The van der Waals surface area contributed by atoms with Gasteiger partial charge in [-0.2, -0.15) is 0 Å². The standard InChI is InChI=1S/C28H40O6/c1-19(2)17-24(30)26(32)22(5)12-8-11-20(3)9-7-10-21(4)15-16-28(27(33)34-6)18-23(29)13-14-25(28)31/h9,12-15,17,24,26,30,32H,7-8,10-11,16,18H2,1-6H3/b20-9+,21-15+,22-12+/t24-,26+,28?/m0/s1. The molecule has 1 unspecified atom stereocenters. The summed E-state index contributed by atoms with van der Waals surface area (Å²) < 4.78 is 4.83. The van der Waals surface area contributed by atoms with Crippen molar-refractivity contribution in [1.29, 1.82) is 0 Å². The predicted octanol–water partition coefficient (Wildman–Crippen LogP) is 4.72. The molecule has 1 rings (SSSR count). The lowest BCUT2D eigenvalue weighted by molar-refractivity contribution is -0.158. The molecule has 3 atom stereocenters. The van der Waals surface area contributed by atoms with Gasteiger partial charge in [0.15, 0.2) is 11.6 Å². The third-order valence-electron chi connectivity index (χ3n) is 6.07. The Morgan fingerprint density at radius 2 is 1.59 bits per heavy atom. The van der Waals surface area contributed by atoms with Crippen LogP contribution >= 0.6 is 0 Å². The Morgan fingerprint density at radius 1 is 1.00 bits per heavy atom. The number of aliphatic hydroxyl groups is 2. The maximum atomic E-state index is 12.4. The molecule has 0 heterocycles. The number of esters is 1. The molecule has 0 aromatic rings. The summed E-state index contributed by atoms with van der Waals surface area (Å²) in [5.74, 6) is -1.31. The van der Waals surface area contributed by atoms with E-state index in [1.165, 1.54) is 24.8 Å². The fraction of sp³-hybridized carbons (Fsp3) is 0.536. The number of methoxy groups -OCH3 is 1. The van der Waals surface area contributed by atoms with Gasteiger partial charge in [0.05, 0.1) is 7.11 Å². The Hall–Kier alpha value is -2.57. The Balaban J connectivity index is 2.62. The van der Waals surface area contributed by atoms with Gasteiger partial charge in [0.1, 0.15) is 17.6 Å². The molecular weight excluding hydrogens is 432 g/mol. The summed E-state index contributed by atoms with van der Waals surface area (Å²) >= 11 is 0. The van der Waals surface area contributed by atoms with Crippen LogP contribution in [-0.4, -0.2) is 47.1 Å². The number of hydrogen-bond donors (Lipinski definition) is 2. The summed E-state index contributed by atoms with van der Waals surface area (Å²) in [6, 6.07) is 0. The molecule has 0 amide bonds. The highest BCUT2D eigenvalue weighted by atomic mass is 16.5. The lowest BCUT2D eigenvalue weighted by atomic mass is 9.72. The highest BCUT2D eigenvalue weighted by Gasteiger charge is 2.47. The molecule has 0 aliphatic heterocycles. The van der Waals surface area contributed by atoms with Gasteiger partial charge in [-0.3, -0.25) is 14.4 Å². The van der Waals surface area contributed by atoms with Crippen LogP contribution in [-0.2, 0) is 19.1 Å². The highest BCUT2D eigenvalue weighted by Crippen LogP contribution is 2.34. The monoisotopic (exact) mass is 472 g/mol. The third kappa shape index (κ3) is 8.99. The highest BCUT2D eigenvalue weighted by molar-refractivity contribution is 6.17. The minimum Gasteiger partial charge on any atom is -0.468 e. The minimum absolute atomic E-state index is 0.147. The molecule has 0 bridgehead atoms. The molecule has 0 saturated carbocycles. The van der Waals surface area contributed by atoms with E-state index < -0.39 is 23.6 Å². The number of carbonyl (C=O) groups is 3. The summed E-state index contributed by atoms with van der Waals surface area (Å²) in [7, 11) is 1.23. The second-order valence-corrected chi connectivity index (χ2v) is 9.42. The van der Waals surface area contributed by atoms with Gasteiger partial charge < -0.3 is 14.9 Å². The van der Waals surface area contributed by atoms with E-state index in [1.807, 2.05) is 39.8 Å². The zero-order valence-corrected chi connectivity index (χ0v) is 21.4. The van der Waals surface area contributed by atoms with Gasteiger partial charge in [-0.1, -0.05) is 41.0 Å². The van der Waals surface area contributed by atoms with E-state index in [9.17, 15) is 24.6 Å². The quantitative estimate of drug-likeness (QED) is 0.242. The van der Waals surface area contributed by atoms with Gasteiger partial charge in [-0.25, -0.2) is 0 Å². The largest absolute Gasteiger partial charge is 0.468 e. The van der Waals surface area contributed by atoms with E-state index >= 15 is 0 Å². The first-order valence-electron chi connectivity index (χ1n) is 11.8. The summed E-state index contributed by atoms with van der Waals surface area (Å²) in [4.78, 5) is 36.6. The van der Waals surface area contributed by atoms with Gasteiger partial charge in [0, 0.05) is 6.42 Å². The summed E-state index contributed by atoms with van der Waals surface area (Å²) in [5.41, 5.74) is 2.51. The van der Waals surface area contributed by atoms with Crippen molar-refractivity contribution >= 4 is 17.5 Å². The molecule has 0 spiro atoms. The second kappa shape index (κ2) is 14.0. The first-order chi connectivity index (χ1) is 15.9. The van der Waals surface area contributed by atoms with Crippen molar-refractivity contribution in [3.05, 3.63) is 58.7 Å². The molecule has 0 radical (unpaired) electrons. The topological polar surface area (TPSA) is 101 Å². The molecule has 0 aromatic heterocycles. The number of allylic oxidation sites excluding steroid dienone is 8. The molecule has 0 saturated heterocycles. The molecule has 188 valence electrons. The molecule has 1 aliphatic carbocycles. The fourth-order valence-corrected chi connectivity index (χ4v) is 3.84. The smallest absolute Gasteiger partial charge is 0.320 e. The SMILES string of the molecule is COC(=O)C1(C/C=C(\C)CC/C=C(\C)CC/C=C(\C)[C@@H](O)[C@@H](O)C=C(C)C)CC(=O)C=CC1=O. The van der Waals surface area contributed by atoms with E-state index in [0.29, 0.717) is 0 Å². The van der Waals surface area contributed by atoms with Crippen LogP contribution in [0.3, 0.4) is 0 Å². The van der Waals surface area contributed by atoms with Crippen molar-refractivity contribution < 1.29 is 29.3 Å². The van der Waals surface area contributed by atoms with Crippen LogP contribution < -0.4 is 0 Å². The molecule has 2 N–H and O–H groups in total. The van der Waals surface area contributed by atoms with Crippen LogP contribution in [0.25, 0.3) is 0 Å². The number of hydrogen-bond acceptors (Lipinski definition) is 6. The van der Waals surface area contributed by atoms with Gasteiger partial charge in [0.25, 0.3) is 0 Å². The van der Waals surface area contributed by atoms with Crippen molar-refractivity contribution in [3.63, 3.8) is 0 Å². The Kier molecular flexibility index (Phi) is 12.1. The van der Waals surface area contributed by atoms with E-state index in [2.05, 4.69) is 13.0 Å². The Labute approximate surface area is 203 Å². The van der Waals surface area contributed by atoms with Crippen molar-refractivity contribution in [1.82, 2.24) is 0 Å². The Morgan fingerprint density at radius 3 is 2.18 bits per heavy atom. The van der Waals surface area contributed by atoms with Gasteiger partial charge in [0.2, 0.25) is 0 Å². The number of ketones is 2. The first-order valence-corrected chi connectivity index (χ1v) is 11.8. The molecular formula is C28H40O6. The zero-order chi connectivity index (χ0) is 25.9. The molecule has 6 heteroatoms. The maximum absolute atomic E-state index is 12.4. The molecule has 0 fully saturated rings. The number of carbonyl (C=O) groups excluding carboxylic acids is 3. The van der Waals surface area contributed by atoms with Crippen LogP contribution in [0.1, 0.15) is 73.1 Å².